The minimum absolute atomic E-state index is 0.00637. The van der Waals surface area contributed by atoms with E-state index in [0.29, 0.717) is 30.9 Å². The van der Waals surface area contributed by atoms with E-state index in [1.165, 1.54) is 17.0 Å². The van der Waals surface area contributed by atoms with E-state index in [9.17, 15) is 18.8 Å². The van der Waals surface area contributed by atoms with Crippen molar-refractivity contribution >= 4 is 23.4 Å². The summed E-state index contributed by atoms with van der Waals surface area (Å²) in [6.07, 6.45) is 0. The largest absolute Gasteiger partial charge is 0.330 e. The fourth-order valence-electron chi connectivity index (χ4n) is 3.24. The van der Waals surface area contributed by atoms with Crippen molar-refractivity contribution in [2.45, 2.75) is 33.4 Å². The Morgan fingerprint density at radius 3 is 2.41 bits per heavy atom. The van der Waals surface area contributed by atoms with Crippen LogP contribution in [0.1, 0.15) is 35.3 Å². The molecule has 1 aliphatic rings. The van der Waals surface area contributed by atoms with Crippen molar-refractivity contribution in [1.29, 1.82) is 0 Å². The molecule has 1 fully saturated rings. The second-order valence-corrected chi connectivity index (χ2v) is 7.43. The fraction of sp³-hybridized carbons (Fsp3) is 0.318. The molecule has 0 saturated carbocycles. The average molecular weight is 397 g/mol. The molecule has 0 aliphatic carbocycles. The second kappa shape index (κ2) is 8.43. The Morgan fingerprint density at radius 2 is 1.76 bits per heavy atom. The smallest absolute Gasteiger partial charge is 0.312 e. The lowest BCUT2D eigenvalue weighted by Gasteiger charge is -2.36. The van der Waals surface area contributed by atoms with Gasteiger partial charge in [-0.2, -0.15) is 0 Å². The first-order valence-electron chi connectivity index (χ1n) is 9.52. The van der Waals surface area contributed by atoms with E-state index in [4.69, 9.17) is 0 Å². The van der Waals surface area contributed by atoms with Crippen LogP contribution in [0.2, 0.25) is 0 Å². The van der Waals surface area contributed by atoms with E-state index in [0.717, 1.165) is 11.1 Å². The van der Waals surface area contributed by atoms with Crippen LogP contribution < -0.4 is 5.32 Å². The second-order valence-electron chi connectivity index (χ2n) is 7.43. The number of nitrogens with one attached hydrogen (secondary N) is 1. The summed E-state index contributed by atoms with van der Waals surface area (Å²) in [7, 11) is 0. The van der Waals surface area contributed by atoms with Gasteiger partial charge in [0.15, 0.2) is 0 Å². The molecular weight excluding hydrogens is 373 g/mol. The summed E-state index contributed by atoms with van der Waals surface area (Å²) in [4.78, 5) is 40.0. The summed E-state index contributed by atoms with van der Waals surface area (Å²) in [6, 6.07) is 11.0. The van der Waals surface area contributed by atoms with Crippen molar-refractivity contribution in [2.75, 3.05) is 18.4 Å². The van der Waals surface area contributed by atoms with Crippen LogP contribution in [-0.4, -0.2) is 46.7 Å². The van der Waals surface area contributed by atoms with E-state index in [-0.39, 0.29) is 11.9 Å². The molecule has 1 N–H and O–H groups in total. The minimum atomic E-state index is -0.506. The number of amides is 3. The van der Waals surface area contributed by atoms with E-state index in [2.05, 4.69) is 5.32 Å². The zero-order chi connectivity index (χ0) is 21.1. The van der Waals surface area contributed by atoms with Crippen molar-refractivity contribution in [3.05, 3.63) is 65.0 Å². The zero-order valence-corrected chi connectivity index (χ0v) is 16.7. The molecule has 0 radical (unpaired) electrons. The van der Waals surface area contributed by atoms with Gasteiger partial charge < -0.3 is 15.1 Å². The predicted molar refractivity (Wildman–Crippen MR) is 108 cm³/mol. The highest BCUT2D eigenvalue weighted by molar-refractivity contribution is 6.35. The van der Waals surface area contributed by atoms with Crippen molar-refractivity contribution in [2.24, 2.45) is 0 Å². The van der Waals surface area contributed by atoms with Crippen LogP contribution in [0.4, 0.5) is 10.1 Å². The molecule has 7 heteroatoms. The maximum atomic E-state index is 13.4. The molecule has 1 saturated heterocycles. The number of benzene rings is 2. The molecule has 0 unspecified atom stereocenters. The van der Waals surface area contributed by atoms with Gasteiger partial charge in [0.2, 0.25) is 0 Å². The SMILES string of the molecule is Cc1ccc(F)cc1NC(=O)c1ccc(CN2CCN(C(C)C)C(=O)C2=O)cc1. The number of aryl methyl sites for hydroxylation is 1. The van der Waals surface area contributed by atoms with Gasteiger partial charge >= 0.3 is 11.8 Å². The molecule has 152 valence electrons. The number of carbonyl (C=O) groups is 3. The molecule has 1 heterocycles. The standard InChI is InChI=1S/C22H24FN3O3/c1-14(2)26-11-10-25(21(28)22(26)29)13-16-5-7-17(8-6-16)20(27)24-19-12-18(23)9-4-15(19)3/h4-9,12,14H,10-11,13H2,1-3H3,(H,24,27). The number of halogens is 1. The third-order valence-corrected chi connectivity index (χ3v) is 5.00. The summed E-state index contributed by atoms with van der Waals surface area (Å²) >= 11 is 0. The lowest BCUT2D eigenvalue weighted by atomic mass is 10.1. The molecule has 2 aromatic carbocycles. The van der Waals surface area contributed by atoms with Crippen molar-refractivity contribution in [1.82, 2.24) is 9.80 Å². The first-order chi connectivity index (χ1) is 13.8. The maximum absolute atomic E-state index is 13.4. The van der Waals surface area contributed by atoms with Gasteiger partial charge in [-0.25, -0.2) is 4.39 Å². The Hall–Kier alpha value is -3.22. The molecule has 0 atom stereocenters. The Balaban J connectivity index is 1.64. The molecule has 0 bridgehead atoms. The molecular formula is C22H24FN3O3. The highest BCUT2D eigenvalue weighted by atomic mass is 19.1. The van der Waals surface area contributed by atoms with Gasteiger partial charge in [-0.3, -0.25) is 14.4 Å². The first-order valence-corrected chi connectivity index (χ1v) is 9.52. The number of hydrogen-bond donors (Lipinski definition) is 1. The van der Waals surface area contributed by atoms with Crippen LogP contribution in [0, 0.1) is 12.7 Å². The van der Waals surface area contributed by atoms with Gasteiger partial charge in [-0.15, -0.1) is 0 Å². The third-order valence-electron chi connectivity index (χ3n) is 5.00. The molecule has 2 aromatic rings. The normalized spacial score (nSPS) is 14.5. The summed E-state index contributed by atoms with van der Waals surface area (Å²) in [5.41, 5.74) is 2.43. The number of nitrogens with zero attached hydrogens (tertiary/aromatic N) is 2. The van der Waals surface area contributed by atoms with E-state index >= 15 is 0 Å². The van der Waals surface area contributed by atoms with Crippen LogP contribution in [-0.2, 0) is 16.1 Å². The van der Waals surface area contributed by atoms with Crippen LogP contribution in [0.5, 0.6) is 0 Å². The monoisotopic (exact) mass is 397 g/mol. The van der Waals surface area contributed by atoms with Gasteiger partial charge in [-0.1, -0.05) is 18.2 Å². The molecule has 1 aliphatic heterocycles. The summed E-state index contributed by atoms with van der Waals surface area (Å²) < 4.78 is 13.4. The Morgan fingerprint density at radius 1 is 1.07 bits per heavy atom. The summed E-state index contributed by atoms with van der Waals surface area (Å²) in [5, 5.41) is 2.70. The molecule has 3 amide bonds. The van der Waals surface area contributed by atoms with Crippen molar-refractivity contribution in [3.63, 3.8) is 0 Å². The zero-order valence-electron chi connectivity index (χ0n) is 16.7. The number of anilines is 1. The van der Waals surface area contributed by atoms with Gasteiger partial charge in [0.05, 0.1) is 0 Å². The predicted octanol–water partition coefficient (Wildman–Crippen LogP) is 2.97. The van der Waals surface area contributed by atoms with Gasteiger partial charge in [0.25, 0.3) is 5.91 Å². The van der Waals surface area contributed by atoms with Crippen LogP contribution >= 0.6 is 0 Å². The van der Waals surface area contributed by atoms with Crippen LogP contribution in [0.25, 0.3) is 0 Å². The van der Waals surface area contributed by atoms with Gasteiger partial charge in [0.1, 0.15) is 5.82 Å². The van der Waals surface area contributed by atoms with Gasteiger partial charge in [-0.05, 0) is 56.2 Å². The fourth-order valence-corrected chi connectivity index (χ4v) is 3.24. The minimum Gasteiger partial charge on any atom is -0.330 e. The topological polar surface area (TPSA) is 69.7 Å². The first kappa shape index (κ1) is 20.5. The summed E-state index contributed by atoms with van der Waals surface area (Å²) in [6.45, 7) is 6.85. The molecule has 0 spiro atoms. The maximum Gasteiger partial charge on any atom is 0.312 e. The molecule has 3 rings (SSSR count). The Labute approximate surface area is 169 Å². The molecule has 29 heavy (non-hydrogen) atoms. The quantitative estimate of drug-likeness (QED) is 0.789. The van der Waals surface area contributed by atoms with Crippen LogP contribution in [0.3, 0.4) is 0 Å². The van der Waals surface area contributed by atoms with Crippen LogP contribution in [0.15, 0.2) is 42.5 Å². The summed E-state index contributed by atoms with van der Waals surface area (Å²) in [5.74, 6) is -1.75. The molecule has 0 aromatic heterocycles. The van der Waals surface area contributed by atoms with Gasteiger partial charge in [0, 0.05) is 36.9 Å². The lowest BCUT2D eigenvalue weighted by Crippen LogP contribution is -2.55. The van der Waals surface area contributed by atoms with E-state index in [1.807, 2.05) is 13.8 Å². The van der Waals surface area contributed by atoms with E-state index < -0.39 is 17.6 Å². The average Bonchev–Trinajstić information content (AvgIpc) is 2.68. The molecule has 6 nitrogen and oxygen atoms in total. The van der Waals surface area contributed by atoms with Crippen molar-refractivity contribution < 1.29 is 18.8 Å². The highest BCUT2D eigenvalue weighted by Crippen LogP contribution is 2.18. The lowest BCUT2D eigenvalue weighted by molar-refractivity contribution is -0.157. The number of carbonyl (C=O) groups excluding carboxylic acids is 3. The third kappa shape index (κ3) is 4.62. The number of hydrogen-bond acceptors (Lipinski definition) is 3. The highest BCUT2D eigenvalue weighted by Gasteiger charge is 2.33. The number of piperazine rings is 1. The number of rotatable bonds is 5. The Kier molecular flexibility index (Phi) is 5.96. The van der Waals surface area contributed by atoms with Crippen molar-refractivity contribution in [3.8, 4) is 0 Å². The van der Waals surface area contributed by atoms with E-state index in [1.54, 1.807) is 42.2 Å². The Bertz CT molecular complexity index is 941.